The Morgan fingerprint density at radius 1 is 1.38 bits per heavy atom. The molecule has 1 aromatic carbocycles. The van der Waals surface area contributed by atoms with Crippen molar-refractivity contribution in [3.63, 3.8) is 0 Å². The molecule has 1 fully saturated rings. The number of halogens is 2. The smallest absolute Gasteiger partial charge is 0.387 e. The van der Waals surface area contributed by atoms with Gasteiger partial charge in [0, 0.05) is 36.5 Å². The maximum atomic E-state index is 12.7. The van der Waals surface area contributed by atoms with Crippen molar-refractivity contribution in [2.45, 2.75) is 50.1 Å². The monoisotopic (exact) mass is 387 g/mol. The average Bonchev–Trinajstić information content (AvgIpc) is 2.65. The Morgan fingerprint density at radius 2 is 2.19 bits per heavy atom. The van der Waals surface area contributed by atoms with Crippen LogP contribution in [0.15, 0.2) is 23.2 Å². The SMILES string of the molecule is CN=C(NCc1ccc(OC)cc1OC(F)F)NC1CCCC(SC)C1. The Balaban J connectivity index is 1.97. The normalized spacial score (nSPS) is 20.8. The minimum atomic E-state index is -2.89. The van der Waals surface area contributed by atoms with Crippen molar-refractivity contribution < 1.29 is 18.3 Å². The van der Waals surface area contributed by atoms with Gasteiger partial charge in [-0.25, -0.2) is 0 Å². The van der Waals surface area contributed by atoms with E-state index in [4.69, 9.17) is 4.74 Å². The molecule has 5 nitrogen and oxygen atoms in total. The Morgan fingerprint density at radius 3 is 2.85 bits per heavy atom. The molecular formula is C18H27F2N3O2S. The van der Waals surface area contributed by atoms with Crippen LogP contribution in [0.5, 0.6) is 11.5 Å². The second-order valence-corrected chi connectivity index (χ2v) is 7.28. The molecule has 26 heavy (non-hydrogen) atoms. The molecule has 1 saturated carbocycles. The Bertz CT molecular complexity index is 602. The van der Waals surface area contributed by atoms with E-state index < -0.39 is 6.61 Å². The molecule has 1 aliphatic rings. The minimum Gasteiger partial charge on any atom is -0.497 e. The summed E-state index contributed by atoms with van der Waals surface area (Å²) in [5.74, 6) is 1.23. The standard InChI is InChI=1S/C18H27F2N3O2S/c1-21-18(23-13-5-4-6-15(9-13)26-3)22-11-12-7-8-14(24-2)10-16(12)25-17(19)20/h7-8,10,13,15,17H,4-6,9,11H2,1-3H3,(H2,21,22,23). The average molecular weight is 387 g/mol. The van der Waals surface area contributed by atoms with Crippen LogP contribution in [-0.4, -0.2) is 44.3 Å². The Kier molecular flexibility index (Phi) is 8.28. The van der Waals surface area contributed by atoms with Crippen molar-refractivity contribution >= 4 is 17.7 Å². The van der Waals surface area contributed by atoms with Gasteiger partial charge in [-0.05, 0) is 37.7 Å². The van der Waals surface area contributed by atoms with Crippen LogP contribution in [0, 0.1) is 0 Å². The summed E-state index contributed by atoms with van der Waals surface area (Å²) in [6.07, 6.45) is 6.81. The zero-order chi connectivity index (χ0) is 18.9. The maximum absolute atomic E-state index is 12.7. The third kappa shape index (κ3) is 6.23. The second kappa shape index (κ2) is 10.4. The number of methoxy groups -OCH3 is 1. The summed E-state index contributed by atoms with van der Waals surface area (Å²) in [6, 6.07) is 5.26. The number of hydrogen-bond donors (Lipinski definition) is 2. The first-order valence-electron chi connectivity index (χ1n) is 8.67. The topological polar surface area (TPSA) is 54.9 Å². The number of alkyl halides is 2. The fourth-order valence-corrected chi connectivity index (χ4v) is 3.90. The molecule has 0 spiro atoms. The predicted molar refractivity (Wildman–Crippen MR) is 103 cm³/mol. The summed E-state index contributed by atoms with van der Waals surface area (Å²) in [7, 11) is 3.19. The van der Waals surface area contributed by atoms with E-state index in [1.807, 2.05) is 11.8 Å². The van der Waals surface area contributed by atoms with E-state index in [-0.39, 0.29) is 5.75 Å². The number of rotatable bonds is 7. The molecule has 0 radical (unpaired) electrons. The first-order valence-corrected chi connectivity index (χ1v) is 9.96. The minimum absolute atomic E-state index is 0.0995. The van der Waals surface area contributed by atoms with Gasteiger partial charge in [0.05, 0.1) is 7.11 Å². The molecule has 0 aromatic heterocycles. The highest BCUT2D eigenvalue weighted by atomic mass is 32.2. The number of aliphatic imine (C=N–C) groups is 1. The van der Waals surface area contributed by atoms with Gasteiger partial charge in [-0.2, -0.15) is 20.5 Å². The molecule has 146 valence electrons. The largest absolute Gasteiger partial charge is 0.497 e. The van der Waals surface area contributed by atoms with Crippen LogP contribution in [0.3, 0.4) is 0 Å². The van der Waals surface area contributed by atoms with Gasteiger partial charge < -0.3 is 20.1 Å². The third-order valence-corrected chi connectivity index (χ3v) is 5.56. The zero-order valence-corrected chi connectivity index (χ0v) is 16.2. The lowest BCUT2D eigenvalue weighted by Crippen LogP contribution is -2.45. The maximum Gasteiger partial charge on any atom is 0.387 e. The number of benzene rings is 1. The number of hydrogen-bond acceptors (Lipinski definition) is 4. The van der Waals surface area contributed by atoms with E-state index in [2.05, 4.69) is 26.6 Å². The van der Waals surface area contributed by atoms with Crippen LogP contribution in [0.2, 0.25) is 0 Å². The third-order valence-electron chi connectivity index (χ3n) is 4.46. The molecule has 1 aromatic rings. The van der Waals surface area contributed by atoms with Crippen molar-refractivity contribution in [3.05, 3.63) is 23.8 Å². The van der Waals surface area contributed by atoms with Crippen molar-refractivity contribution in [1.29, 1.82) is 0 Å². The fourth-order valence-electron chi connectivity index (χ4n) is 3.07. The molecule has 2 rings (SSSR count). The van der Waals surface area contributed by atoms with E-state index in [0.29, 0.717) is 35.1 Å². The highest BCUT2D eigenvalue weighted by molar-refractivity contribution is 7.99. The Labute approximate surface area is 157 Å². The summed E-state index contributed by atoms with van der Waals surface area (Å²) in [6.45, 7) is -2.56. The first-order chi connectivity index (χ1) is 12.5. The van der Waals surface area contributed by atoms with Gasteiger partial charge in [0.1, 0.15) is 11.5 Å². The van der Waals surface area contributed by atoms with Crippen molar-refractivity contribution in [2.24, 2.45) is 4.99 Å². The molecule has 0 amide bonds. The summed E-state index contributed by atoms with van der Waals surface area (Å²) in [4.78, 5) is 4.25. The molecule has 0 heterocycles. The lowest BCUT2D eigenvalue weighted by molar-refractivity contribution is -0.0505. The molecular weight excluding hydrogens is 360 g/mol. The lowest BCUT2D eigenvalue weighted by Gasteiger charge is -2.30. The number of ether oxygens (including phenoxy) is 2. The van der Waals surface area contributed by atoms with Crippen LogP contribution < -0.4 is 20.1 Å². The summed E-state index contributed by atoms with van der Waals surface area (Å²) >= 11 is 1.91. The molecule has 0 saturated heterocycles. The van der Waals surface area contributed by atoms with E-state index in [0.717, 1.165) is 12.8 Å². The fraction of sp³-hybridized carbons (Fsp3) is 0.611. The van der Waals surface area contributed by atoms with Gasteiger partial charge in [-0.15, -0.1) is 0 Å². The van der Waals surface area contributed by atoms with E-state index in [1.54, 1.807) is 19.2 Å². The van der Waals surface area contributed by atoms with Crippen LogP contribution >= 0.6 is 11.8 Å². The molecule has 8 heteroatoms. The lowest BCUT2D eigenvalue weighted by atomic mass is 9.95. The molecule has 1 aliphatic carbocycles. The predicted octanol–water partition coefficient (Wildman–Crippen LogP) is 3.64. The van der Waals surface area contributed by atoms with E-state index >= 15 is 0 Å². The quantitative estimate of drug-likeness (QED) is 0.553. The van der Waals surface area contributed by atoms with Crippen LogP contribution in [0.4, 0.5) is 8.78 Å². The van der Waals surface area contributed by atoms with E-state index in [1.165, 1.54) is 26.0 Å². The van der Waals surface area contributed by atoms with Crippen LogP contribution in [-0.2, 0) is 6.54 Å². The van der Waals surface area contributed by atoms with Gasteiger partial charge in [0.2, 0.25) is 0 Å². The number of nitrogens with one attached hydrogen (secondary N) is 2. The first kappa shape index (κ1) is 20.6. The molecule has 2 atom stereocenters. The summed E-state index contributed by atoms with van der Waals surface area (Å²) in [5.41, 5.74) is 0.611. The highest BCUT2D eigenvalue weighted by Gasteiger charge is 2.22. The summed E-state index contributed by atoms with van der Waals surface area (Å²) in [5, 5.41) is 7.29. The Hall–Kier alpha value is -1.70. The van der Waals surface area contributed by atoms with Gasteiger partial charge in [0.25, 0.3) is 0 Å². The molecule has 0 bridgehead atoms. The van der Waals surface area contributed by atoms with Gasteiger partial charge >= 0.3 is 6.61 Å². The van der Waals surface area contributed by atoms with Gasteiger partial charge in [-0.3, -0.25) is 4.99 Å². The highest BCUT2D eigenvalue weighted by Crippen LogP contribution is 2.27. The molecule has 0 aliphatic heterocycles. The number of nitrogens with zero attached hydrogens (tertiary/aromatic N) is 1. The number of guanidine groups is 1. The zero-order valence-electron chi connectivity index (χ0n) is 15.4. The number of thioether (sulfide) groups is 1. The van der Waals surface area contributed by atoms with Gasteiger partial charge in [-0.1, -0.05) is 6.42 Å². The van der Waals surface area contributed by atoms with Gasteiger partial charge in [0.15, 0.2) is 5.96 Å². The van der Waals surface area contributed by atoms with Crippen LogP contribution in [0.1, 0.15) is 31.2 Å². The van der Waals surface area contributed by atoms with Crippen molar-refractivity contribution in [2.75, 3.05) is 20.4 Å². The second-order valence-electron chi connectivity index (χ2n) is 6.14. The van der Waals surface area contributed by atoms with Crippen molar-refractivity contribution in [1.82, 2.24) is 10.6 Å². The van der Waals surface area contributed by atoms with Crippen molar-refractivity contribution in [3.8, 4) is 11.5 Å². The molecule has 2 N–H and O–H groups in total. The van der Waals surface area contributed by atoms with E-state index in [9.17, 15) is 8.78 Å². The van der Waals surface area contributed by atoms with Crippen LogP contribution in [0.25, 0.3) is 0 Å². The molecule has 2 unspecified atom stereocenters. The summed E-state index contributed by atoms with van der Waals surface area (Å²) < 4.78 is 35.0.